The lowest BCUT2D eigenvalue weighted by molar-refractivity contribution is 0.0774. The largest absolute Gasteiger partial charge is 0.464 e. The molecule has 1 aliphatic carbocycles. The first-order valence-corrected chi connectivity index (χ1v) is 10.6. The van der Waals surface area contributed by atoms with Crippen LogP contribution in [0.4, 0.5) is 0 Å². The minimum Gasteiger partial charge on any atom is -0.464 e. The van der Waals surface area contributed by atoms with E-state index in [0.29, 0.717) is 23.9 Å². The summed E-state index contributed by atoms with van der Waals surface area (Å²) in [7, 11) is -2.01. The molecule has 28 heavy (non-hydrogen) atoms. The SMILES string of the molecule is CC1CC1c1ccc(CN(C)C(=O)c2ccc(S(=O)(=O)NCCC#N)cc2)o1. The summed E-state index contributed by atoms with van der Waals surface area (Å²) in [6.07, 6.45) is 1.23. The number of sulfonamides is 1. The Morgan fingerprint density at radius 2 is 1.96 bits per heavy atom. The van der Waals surface area contributed by atoms with Crippen LogP contribution < -0.4 is 4.72 Å². The van der Waals surface area contributed by atoms with Crippen LogP contribution >= 0.6 is 0 Å². The normalized spacial score (nSPS) is 18.5. The van der Waals surface area contributed by atoms with Gasteiger partial charge in [-0.3, -0.25) is 4.79 Å². The van der Waals surface area contributed by atoms with Gasteiger partial charge in [0.05, 0.1) is 17.5 Å². The molecule has 7 nitrogen and oxygen atoms in total. The van der Waals surface area contributed by atoms with Crippen LogP contribution in [0, 0.1) is 17.2 Å². The van der Waals surface area contributed by atoms with E-state index in [1.807, 2.05) is 18.2 Å². The van der Waals surface area contributed by atoms with E-state index in [1.165, 1.54) is 29.2 Å². The maximum absolute atomic E-state index is 12.6. The summed E-state index contributed by atoms with van der Waals surface area (Å²) >= 11 is 0. The van der Waals surface area contributed by atoms with Gasteiger partial charge in [0.2, 0.25) is 10.0 Å². The number of hydrogen-bond acceptors (Lipinski definition) is 5. The van der Waals surface area contributed by atoms with E-state index in [4.69, 9.17) is 9.68 Å². The van der Waals surface area contributed by atoms with Crippen LogP contribution in [-0.2, 0) is 16.6 Å². The van der Waals surface area contributed by atoms with Crippen LogP contribution in [0.15, 0.2) is 45.7 Å². The molecular weight excluding hydrogens is 378 g/mol. The fourth-order valence-corrected chi connectivity index (χ4v) is 4.06. The highest BCUT2D eigenvalue weighted by Crippen LogP contribution is 2.47. The van der Waals surface area contributed by atoms with Crippen molar-refractivity contribution in [1.82, 2.24) is 9.62 Å². The lowest BCUT2D eigenvalue weighted by Crippen LogP contribution is -2.26. The van der Waals surface area contributed by atoms with E-state index in [2.05, 4.69) is 11.6 Å². The van der Waals surface area contributed by atoms with Crippen LogP contribution in [0.5, 0.6) is 0 Å². The number of benzene rings is 1. The van der Waals surface area contributed by atoms with E-state index in [0.717, 1.165) is 17.9 Å². The minimum atomic E-state index is -3.69. The van der Waals surface area contributed by atoms with Crippen molar-refractivity contribution in [3.05, 3.63) is 53.5 Å². The highest BCUT2D eigenvalue weighted by Gasteiger charge is 2.36. The van der Waals surface area contributed by atoms with Crippen molar-refractivity contribution in [2.45, 2.75) is 37.1 Å². The number of hydrogen-bond donors (Lipinski definition) is 1. The number of furan rings is 1. The Bertz CT molecular complexity index is 989. The van der Waals surface area contributed by atoms with Gasteiger partial charge < -0.3 is 9.32 Å². The third-order valence-electron chi connectivity index (χ3n) is 4.84. The quantitative estimate of drug-likeness (QED) is 0.685. The molecule has 1 aliphatic rings. The summed E-state index contributed by atoms with van der Waals surface area (Å²) in [5.74, 6) is 2.63. The van der Waals surface area contributed by atoms with Gasteiger partial charge in [-0.05, 0) is 48.7 Å². The monoisotopic (exact) mass is 401 g/mol. The molecule has 2 aromatic rings. The van der Waals surface area contributed by atoms with Gasteiger partial charge in [0, 0.05) is 31.5 Å². The van der Waals surface area contributed by atoms with E-state index in [9.17, 15) is 13.2 Å². The molecule has 2 atom stereocenters. The Hall–Kier alpha value is -2.63. The molecule has 0 radical (unpaired) electrons. The fraction of sp³-hybridized carbons (Fsp3) is 0.400. The van der Waals surface area contributed by atoms with Crippen LogP contribution in [0.3, 0.4) is 0 Å². The predicted octanol–water partition coefficient (Wildman–Crippen LogP) is 2.87. The summed E-state index contributed by atoms with van der Waals surface area (Å²) in [6.45, 7) is 2.58. The lowest BCUT2D eigenvalue weighted by Gasteiger charge is -2.16. The molecule has 1 saturated carbocycles. The molecule has 2 unspecified atom stereocenters. The average Bonchev–Trinajstić information content (AvgIpc) is 3.22. The van der Waals surface area contributed by atoms with Gasteiger partial charge in [-0.1, -0.05) is 6.92 Å². The van der Waals surface area contributed by atoms with Gasteiger partial charge >= 0.3 is 0 Å². The second kappa shape index (κ2) is 8.17. The van der Waals surface area contributed by atoms with E-state index in [-0.39, 0.29) is 23.8 Å². The molecule has 0 spiro atoms. The Kier molecular flexibility index (Phi) is 5.87. The van der Waals surface area contributed by atoms with Crippen molar-refractivity contribution in [2.24, 2.45) is 5.92 Å². The summed E-state index contributed by atoms with van der Waals surface area (Å²) in [5, 5.41) is 8.50. The highest BCUT2D eigenvalue weighted by molar-refractivity contribution is 7.89. The van der Waals surface area contributed by atoms with E-state index >= 15 is 0 Å². The second-order valence-corrected chi connectivity index (χ2v) is 8.88. The summed E-state index contributed by atoms with van der Waals surface area (Å²) < 4.78 is 32.4. The molecule has 1 fully saturated rings. The number of rotatable bonds is 8. The van der Waals surface area contributed by atoms with Crippen LogP contribution in [0.2, 0.25) is 0 Å². The number of carbonyl (C=O) groups is 1. The molecule has 1 aromatic carbocycles. The number of carbonyl (C=O) groups excluding carboxylic acids is 1. The smallest absolute Gasteiger partial charge is 0.254 e. The average molecular weight is 401 g/mol. The van der Waals surface area contributed by atoms with Crippen molar-refractivity contribution in [2.75, 3.05) is 13.6 Å². The first-order valence-electron chi connectivity index (χ1n) is 9.12. The first kappa shape index (κ1) is 20.1. The lowest BCUT2D eigenvalue weighted by atomic mass is 10.2. The minimum absolute atomic E-state index is 0.0486. The zero-order valence-corrected chi connectivity index (χ0v) is 16.7. The van der Waals surface area contributed by atoms with Gasteiger partial charge in [0.1, 0.15) is 11.5 Å². The number of amides is 1. The van der Waals surface area contributed by atoms with Crippen LogP contribution in [0.25, 0.3) is 0 Å². The van der Waals surface area contributed by atoms with E-state index in [1.54, 1.807) is 7.05 Å². The summed E-state index contributed by atoms with van der Waals surface area (Å²) in [6, 6.07) is 11.5. The van der Waals surface area contributed by atoms with Gasteiger partial charge in [-0.2, -0.15) is 5.26 Å². The predicted molar refractivity (Wildman–Crippen MR) is 103 cm³/mol. The molecule has 1 heterocycles. The molecule has 0 saturated heterocycles. The van der Waals surface area contributed by atoms with Crippen LogP contribution in [-0.4, -0.2) is 32.8 Å². The Labute approximate surface area is 165 Å². The van der Waals surface area contributed by atoms with E-state index < -0.39 is 10.0 Å². The molecule has 3 rings (SSSR count). The maximum Gasteiger partial charge on any atom is 0.254 e. The topological polar surface area (TPSA) is 103 Å². The van der Waals surface area contributed by atoms with Gasteiger partial charge in [-0.15, -0.1) is 0 Å². The molecule has 1 amide bonds. The first-order chi connectivity index (χ1) is 13.3. The zero-order valence-electron chi connectivity index (χ0n) is 15.9. The van der Waals surface area contributed by atoms with Crippen molar-refractivity contribution in [3.8, 4) is 6.07 Å². The number of nitriles is 1. The Balaban J connectivity index is 1.62. The highest BCUT2D eigenvalue weighted by atomic mass is 32.2. The van der Waals surface area contributed by atoms with Crippen molar-refractivity contribution < 1.29 is 17.6 Å². The standard InChI is InChI=1S/C20H23N3O4S/c1-14-12-18(14)19-9-6-16(27-19)13-23(2)20(24)15-4-7-17(8-5-15)28(25,26)22-11-3-10-21/h4-9,14,18,22H,3,11-13H2,1-2H3. The third kappa shape index (κ3) is 4.61. The second-order valence-electron chi connectivity index (χ2n) is 7.12. The van der Waals surface area contributed by atoms with Gasteiger partial charge in [0.25, 0.3) is 5.91 Å². The van der Waals surface area contributed by atoms with Crippen molar-refractivity contribution in [1.29, 1.82) is 5.26 Å². The Morgan fingerprint density at radius 3 is 2.57 bits per heavy atom. The van der Waals surface area contributed by atoms with Gasteiger partial charge in [0.15, 0.2) is 0 Å². The molecule has 0 bridgehead atoms. The molecular formula is C20H23N3O4S. The maximum atomic E-state index is 12.6. The molecule has 1 N–H and O–H groups in total. The number of nitrogens with one attached hydrogen (secondary N) is 1. The third-order valence-corrected chi connectivity index (χ3v) is 6.31. The van der Waals surface area contributed by atoms with Gasteiger partial charge in [-0.25, -0.2) is 13.1 Å². The van der Waals surface area contributed by atoms with Crippen LogP contribution in [0.1, 0.15) is 47.6 Å². The fourth-order valence-electron chi connectivity index (χ4n) is 3.02. The molecule has 0 aliphatic heterocycles. The zero-order chi connectivity index (χ0) is 20.3. The number of nitrogens with zero attached hydrogens (tertiary/aromatic N) is 2. The molecule has 8 heteroatoms. The summed E-state index contributed by atoms with van der Waals surface area (Å²) in [4.78, 5) is 14.2. The van der Waals surface area contributed by atoms with Crippen molar-refractivity contribution in [3.63, 3.8) is 0 Å². The van der Waals surface area contributed by atoms with Crippen molar-refractivity contribution >= 4 is 15.9 Å². The molecule has 1 aromatic heterocycles. The Morgan fingerprint density at radius 1 is 1.29 bits per heavy atom. The molecule has 148 valence electrons. The summed E-state index contributed by atoms with van der Waals surface area (Å²) in [5.41, 5.74) is 0.390.